The van der Waals surface area contributed by atoms with Crippen molar-refractivity contribution in [1.82, 2.24) is 14.8 Å². The van der Waals surface area contributed by atoms with Crippen LogP contribution in [0.2, 0.25) is 0 Å². The van der Waals surface area contributed by atoms with Crippen molar-refractivity contribution in [2.24, 2.45) is 0 Å². The molecule has 0 spiro atoms. The second-order valence-corrected chi connectivity index (χ2v) is 7.49. The summed E-state index contributed by atoms with van der Waals surface area (Å²) in [5.41, 5.74) is 1.69. The van der Waals surface area contributed by atoms with Crippen LogP contribution >= 0.6 is 43.6 Å². The molecule has 1 N–H and O–H groups in total. The molecule has 1 aromatic heterocycles. The summed E-state index contributed by atoms with van der Waals surface area (Å²) in [6.45, 7) is 0. The van der Waals surface area contributed by atoms with Crippen LogP contribution in [0, 0.1) is 0 Å². The standard InChI is InChI=1S/C16H12Br2N4OS/c17-11-6-7-14(13(18)8-11)20-15(23)9-24-16-21-19-10-22(16)12-4-2-1-3-5-12/h1-8,10H,9H2,(H,20,23). The van der Waals surface area contributed by atoms with Gasteiger partial charge in [-0.05, 0) is 46.3 Å². The summed E-state index contributed by atoms with van der Waals surface area (Å²) in [5, 5.41) is 11.6. The van der Waals surface area contributed by atoms with Crippen LogP contribution < -0.4 is 5.32 Å². The zero-order valence-electron chi connectivity index (χ0n) is 12.3. The van der Waals surface area contributed by atoms with Gasteiger partial charge in [0.15, 0.2) is 5.16 Å². The van der Waals surface area contributed by atoms with Gasteiger partial charge in [0, 0.05) is 14.6 Å². The van der Waals surface area contributed by atoms with Gasteiger partial charge in [-0.1, -0.05) is 45.9 Å². The van der Waals surface area contributed by atoms with Crippen molar-refractivity contribution in [3.63, 3.8) is 0 Å². The van der Waals surface area contributed by atoms with Crippen molar-refractivity contribution < 1.29 is 4.79 Å². The van der Waals surface area contributed by atoms with Gasteiger partial charge >= 0.3 is 0 Å². The molecule has 0 unspecified atom stereocenters. The first-order valence-electron chi connectivity index (χ1n) is 6.96. The molecule has 0 atom stereocenters. The molecule has 2 aromatic carbocycles. The number of anilines is 1. The van der Waals surface area contributed by atoms with E-state index < -0.39 is 0 Å². The Morgan fingerprint density at radius 2 is 1.96 bits per heavy atom. The fourth-order valence-corrected chi connectivity index (χ4v) is 3.87. The van der Waals surface area contributed by atoms with Crippen molar-refractivity contribution >= 4 is 55.2 Å². The highest BCUT2D eigenvalue weighted by molar-refractivity contribution is 9.11. The Morgan fingerprint density at radius 1 is 1.17 bits per heavy atom. The van der Waals surface area contributed by atoms with Gasteiger partial charge < -0.3 is 5.32 Å². The van der Waals surface area contributed by atoms with Gasteiger partial charge in [-0.2, -0.15) is 0 Å². The molecule has 0 aliphatic heterocycles. The Bertz CT molecular complexity index is 854. The molecule has 5 nitrogen and oxygen atoms in total. The Morgan fingerprint density at radius 3 is 2.71 bits per heavy atom. The number of nitrogens with zero attached hydrogens (tertiary/aromatic N) is 3. The van der Waals surface area contributed by atoms with Gasteiger partial charge in [0.25, 0.3) is 0 Å². The maximum atomic E-state index is 12.2. The lowest BCUT2D eigenvalue weighted by Crippen LogP contribution is -2.14. The van der Waals surface area contributed by atoms with Crippen LogP contribution in [0.25, 0.3) is 5.69 Å². The predicted molar refractivity (Wildman–Crippen MR) is 103 cm³/mol. The van der Waals surface area contributed by atoms with Crippen molar-refractivity contribution in [3.05, 3.63) is 63.8 Å². The van der Waals surface area contributed by atoms with Crippen molar-refractivity contribution in [2.75, 3.05) is 11.1 Å². The highest BCUT2D eigenvalue weighted by Crippen LogP contribution is 2.26. The summed E-state index contributed by atoms with van der Waals surface area (Å²) < 4.78 is 3.62. The number of thioether (sulfide) groups is 1. The molecule has 8 heteroatoms. The zero-order chi connectivity index (χ0) is 16.9. The molecule has 0 fully saturated rings. The van der Waals surface area contributed by atoms with Crippen LogP contribution in [-0.4, -0.2) is 26.4 Å². The SMILES string of the molecule is O=C(CSc1nncn1-c1ccccc1)Nc1ccc(Br)cc1Br. The summed E-state index contributed by atoms with van der Waals surface area (Å²) in [6.07, 6.45) is 1.64. The molecule has 0 bridgehead atoms. The van der Waals surface area contributed by atoms with E-state index in [1.807, 2.05) is 53.1 Å². The lowest BCUT2D eigenvalue weighted by Gasteiger charge is -2.08. The summed E-state index contributed by atoms with van der Waals surface area (Å²) >= 11 is 8.15. The second-order valence-electron chi connectivity index (χ2n) is 4.78. The number of amides is 1. The van der Waals surface area contributed by atoms with E-state index in [4.69, 9.17) is 0 Å². The number of carbonyl (C=O) groups excluding carboxylic acids is 1. The third kappa shape index (κ3) is 4.25. The third-order valence-corrected chi connectivity index (χ3v) is 5.18. The fourth-order valence-electron chi connectivity index (χ4n) is 2.00. The Labute approximate surface area is 160 Å². The maximum absolute atomic E-state index is 12.2. The molecule has 24 heavy (non-hydrogen) atoms. The molecular weight excluding hydrogens is 456 g/mol. The van der Waals surface area contributed by atoms with E-state index in [1.165, 1.54) is 11.8 Å². The zero-order valence-corrected chi connectivity index (χ0v) is 16.3. The minimum absolute atomic E-state index is 0.106. The van der Waals surface area contributed by atoms with Crippen LogP contribution in [0.1, 0.15) is 0 Å². The van der Waals surface area contributed by atoms with E-state index in [-0.39, 0.29) is 11.7 Å². The normalized spacial score (nSPS) is 10.6. The number of halogens is 2. The quantitative estimate of drug-likeness (QED) is 0.560. The molecular formula is C16H12Br2N4OS. The summed E-state index contributed by atoms with van der Waals surface area (Å²) in [5.74, 6) is 0.138. The van der Waals surface area contributed by atoms with Crippen molar-refractivity contribution in [2.45, 2.75) is 5.16 Å². The molecule has 3 aromatic rings. The average molecular weight is 468 g/mol. The first-order valence-corrected chi connectivity index (χ1v) is 9.54. The number of hydrogen-bond acceptors (Lipinski definition) is 4. The van der Waals surface area contributed by atoms with Gasteiger partial charge in [-0.3, -0.25) is 9.36 Å². The Kier molecular flexibility index (Phi) is 5.70. The smallest absolute Gasteiger partial charge is 0.234 e. The van der Waals surface area contributed by atoms with Crippen LogP contribution in [0.15, 0.2) is 69.0 Å². The molecule has 0 radical (unpaired) electrons. The second kappa shape index (κ2) is 7.96. The van der Waals surface area contributed by atoms with Gasteiger partial charge in [0.05, 0.1) is 11.4 Å². The Hall–Kier alpha value is -1.64. The monoisotopic (exact) mass is 466 g/mol. The fraction of sp³-hybridized carbons (Fsp3) is 0.0625. The van der Waals surface area contributed by atoms with E-state index >= 15 is 0 Å². The van der Waals surface area contributed by atoms with E-state index in [2.05, 4.69) is 47.4 Å². The van der Waals surface area contributed by atoms with Crippen LogP contribution in [0.4, 0.5) is 5.69 Å². The van der Waals surface area contributed by atoms with Gasteiger partial charge in [-0.25, -0.2) is 0 Å². The molecule has 0 aliphatic carbocycles. The topological polar surface area (TPSA) is 59.8 Å². The van der Waals surface area contributed by atoms with E-state index in [9.17, 15) is 4.79 Å². The number of para-hydroxylation sites is 1. The summed E-state index contributed by atoms with van der Waals surface area (Å²) in [6, 6.07) is 15.4. The first kappa shape index (κ1) is 17.2. The number of nitrogens with one attached hydrogen (secondary N) is 1. The number of rotatable bonds is 5. The third-order valence-electron chi connectivity index (χ3n) is 3.09. The minimum Gasteiger partial charge on any atom is -0.324 e. The van der Waals surface area contributed by atoms with Gasteiger partial charge in [0.2, 0.25) is 5.91 Å². The molecule has 0 saturated carbocycles. The highest BCUT2D eigenvalue weighted by Gasteiger charge is 2.11. The summed E-state index contributed by atoms with van der Waals surface area (Å²) in [4.78, 5) is 12.2. The van der Waals surface area contributed by atoms with Crippen LogP contribution in [-0.2, 0) is 4.79 Å². The highest BCUT2D eigenvalue weighted by atomic mass is 79.9. The number of benzene rings is 2. The predicted octanol–water partition coefficient (Wildman–Crippen LogP) is 4.52. The maximum Gasteiger partial charge on any atom is 0.234 e. The number of carbonyl (C=O) groups is 1. The molecule has 0 aliphatic rings. The molecule has 3 rings (SSSR count). The molecule has 122 valence electrons. The van der Waals surface area contributed by atoms with E-state index in [0.717, 1.165) is 20.3 Å². The summed E-state index contributed by atoms with van der Waals surface area (Å²) in [7, 11) is 0. The van der Waals surface area contributed by atoms with E-state index in [0.29, 0.717) is 5.16 Å². The molecule has 1 heterocycles. The number of hydrogen-bond donors (Lipinski definition) is 1. The molecule has 0 saturated heterocycles. The van der Waals surface area contributed by atoms with Crippen LogP contribution in [0.5, 0.6) is 0 Å². The Balaban J connectivity index is 1.64. The molecule has 1 amide bonds. The van der Waals surface area contributed by atoms with Gasteiger partial charge in [-0.15, -0.1) is 10.2 Å². The van der Waals surface area contributed by atoms with Crippen molar-refractivity contribution in [1.29, 1.82) is 0 Å². The van der Waals surface area contributed by atoms with Crippen LogP contribution in [0.3, 0.4) is 0 Å². The largest absolute Gasteiger partial charge is 0.324 e. The number of aromatic nitrogens is 3. The van der Waals surface area contributed by atoms with Crippen molar-refractivity contribution in [3.8, 4) is 5.69 Å². The average Bonchev–Trinajstić information content (AvgIpc) is 3.05. The van der Waals surface area contributed by atoms with Gasteiger partial charge in [0.1, 0.15) is 6.33 Å². The van der Waals surface area contributed by atoms with E-state index in [1.54, 1.807) is 6.33 Å². The first-order chi connectivity index (χ1) is 11.6. The minimum atomic E-state index is -0.106. The lowest BCUT2D eigenvalue weighted by molar-refractivity contribution is -0.113. The lowest BCUT2D eigenvalue weighted by atomic mass is 10.3.